The molecule has 1 aliphatic rings. The van der Waals surface area contributed by atoms with Gasteiger partial charge in [0.15, 0.2) is 0 Å². The van der Waals surface area contributed by atoms with Crippen molar-refractivity contribution in [3.63, 3.8) is 0 Å². The summed E-state index contributed by atoms with van der Waals surface area (Å²) in [7, 11) is 0. The number of hydrogen-bond acceptors (Lipinski definition) is 3. The van der Waals surface area contributed by atoms with Crippen LogP contribution in [0.2, 0.25) is 0 Å². The van der Waals surface area contributed by atoms with Crippen LogP contribution in [-0.2, 0) is 11.0 Å². The highest BCUT2D eigenvalue weighted by molar-refractivity contribution is 7.09. The molecule has 3 heteroatoms. The molecule has 17 heavy (non-hydrogen) atoms. The highest BCUT2D eigenvalue weighted by Crippen LogP contribution is 2.41. The quantitative estimate of drug-likeness (QED) is 0.825. The van der Waals surface area contributed by atoms with E-state index < -0.39 is 0 Å². The SMILES string of the molecule is CC1CCCCC1(N)c1nc(C(C)(C)C)cs1. The molecular weight excluding hydrogens is 228 g/mol. The van der Waals surface area contributed by atoms with Crippen LogP contribution in [0.1, 0.15) is 64.1 Å². The fraction of sp³-hybridized carbons (Fsp3) is 0.786. The second kappa shape index (κ2) is 4.36. The molecular formula is C14H24N2S. The predicted octanol–water partition coefficient (Wildman–Crippen LogP) is 3.80. The molecule has 2 nitrogen and oxygen atoms in total. The summed E-state index contributed by atoms with van der Waals surface area (Å²) < 4.78 is 0. The van der Waals surface area contributed by atoms with Crippen LogP contribution in [0.15, 0.2) is 5.38 Å². The molecule has 96 valence electrons. The van der Waals surface area contributed by atoms with Crippen molar-refractivity contribution in [3.05, 3.63) is 16.1 Å². The zero-order valence-corrected chi connectivity index (χ0v) is 12.2. The van der Waals surface area contributed by atoms with Gasteiger partial charge in [-0.3, -0.25) is 0 Å². The van der Waals surface area contributed by atoms with Crippen LogP contribution in [0.25, 0.3) is 0 Å². The monoisotopic (exact) mass is 252 g/mol. The third-order valence-electron chi connectivity index (χ3n) is 4.03. The molecule has 0 bridgehead atoms. The Kier molecular flexibility index (Phi) is 3.34. The maximum absolute atomic E-state index is 6.63. The van der Waals surface area contributed by atoms with E-state index in [2.05, 4.69) is 33.1 Å². The van der Waals surface area contributed by atoms with Crippen molar-refractivity contribution in [2.75, 3.05) is 0 Å². The van der Waals surface area contributed by atoms with Crippen LogP contribution in [0.3, 0.4) is 0 Å². The Morgan fingerprint density at radius 3 is 2.65 bits per heavy atom. The molecule has 2 atom stereocenters. The maximum atomic E-state index is 6.63. The molecule has 1 fully saturated rings. The van der Waals surface area contributed by atoms with E-state index in [1.54, 1.807) is 11.3 Å². The fourth-order valence-electron chi connectivity index (χ4n) is 2.52. The number of aromatic nitrogens is 1. The number of rotatable bonds is 1. The van der Waals surface area contributed by atoms with Crippen molar-refractivity contribution in [2.45, 2.75) is 64.3 Å². The molecule has 1 aromatic heterocycles. The van der Waals surface area contributed by atoms with Crippen molar-refractivity contribution in [1.82, 2.24) is 4.98 Å². The minimum Gasteiger partial charge on any atom is -0.319 e. The lowest BCUT2D eigenvalue weighted by Gasteiger charge is -2.37. The predicted molar refractivity (Wildman–Crippen MR) is 74.3 cm³/mol. The van der Waals surface area contributed by atoms with Crippen LogP contribution < -0.4 is 5.73 Å². The van der Waals surface area contributed by atoms with E-state index >= 15 is 0 Å². The van der Waals surface area contributed by atoms with Gasteiger partial charge in [-0.25, -0.2) is 4.98 Å². The van der Waals surface area contributed by atoms with E-state index in [9.17, 15) is 0 Å². The van der Waals surface area contributed by atoms with E-state index in [1.165, 1.54) is 25.0 Å². The summed E-state index contributed by atoms with van der Waals surface area (Å²) >= 11 is 1.75. The number of thiazole rings is 1. The molecule has 0 saturated heterocycles. The topological polar surface area (TPSA) is 38.9 Å². The average Bonchev–Trinajstić information content (AvgIpc) is 2.71. The zero-order valence-electron chi connectivity index (χ0n) is 11.4. The normalized spacial score (nSPS) is 30.5. The summed E-state index contributed by atoms with van der Waals surface area (Å²) in [5.41, 5.74) is 7.76. The first-order chi connectivity index (χ1) is 7.84. The second-order valence-corrected chi connectivity index (χ2v) is 7.33. The molecule has 0 aromatic carbocycles. The van der Waals surface area contributed by atoms with Gasteiger partial charge in [0.2, 0.25) is 0 Å². The van der Waals surface area contributed by atoms with Gasteiger partial charge < -0.3 is 5.73 Å². The zero-order chi connectivity index (χ0) is 12.7. The average molecular weight is 252 g/mol. The molecule has 0 aliphatic heterocycles. The third kappa shape index (κ3) is 2.41. The van der Waals surface area contributed by atoms with Crippen molar-refractivity contribution in [1.29, 1.82) is 0 Å². The van der Waals surface area contributed by atoms with E-state index in [0.29, 0.717) is 5.92 Å². The van der Waals surface area contributed by atoms with Gasteiger partial charge in [-0.1, -0.05) is 40.5 Å². The molecule has 2 rings (SSSR count). The van der Waals surface area contributed by atoms with Gasteiger partial charge in [0.25, 0.3) is 0 Å². The third-order valence-corrected chi connectivity index (χ3v) is 5.06. The molecule has 1 aromatic rings. The lowest BCUT2D eigenvalue weighted by Crippen LogP contribution is -2.45. The van der Waals surface area contributed by atoms with Crippen molar-refractivity contribution < 1.29 is 0 Å². The van der Waals surface area contributed by atoms with Crippen LogP contribution >= 0.6 is 11.3 Å². The number of hydrogen-bond donors (Lipinski definition) is 1. The molecule has 0 amide bonds. The van der Waals surface area contributed by atoms with Crippen LogP contribution in [0.4, 0.5) is 0 Å². The van der Waals surface area contributed by atoms with Crippen LogP contribution in [-0.4, -0.2) is 4.98 Å². The van der Waals surface area contributed by atoms with Gasteiger partial charge in [0.05, 0.1) is 11.2 Å². The summed E-state index contributed by atoms with van der Waals surface area (Å²) in [6.45, 7) is 8.90. The molecule has 1 heterocycles. The van der Waals surface area contributed by atoms with Crippen LogP contribution in [0, 0.1) is 5.92 Å². The molecule has 1 aliphatic carbocycles. The van der Waals surface area contributed by atoms with E-state index in [0.717, 1.165) is 11.4 Å². The van der Waals surface area contributed by atoms with Gasteiger partial charge >= 0.3 is 0 Å². The Morgan fingerprint density at radius 2 is 2.12 bits per heavy atom. The maximum Gasteiger partial charge on any atom is 0.113 e. The first-order valence-electron chi connectivity index (χ1n) is 6.59. The van der Waals surface area contributed by atoms with E-state index in [-0.39, 0.29) is 11.0 Å². The Labute approximate surface area is 109 Å². The highest BCUT2D eigenvalue weighted by Gasteiger charge is 2.38. The Bertz CT molecular complexity index is 391. The van der Waals surface area contributed by atoms with Crippen molar-refractivity contribution in [2.24, 2.45) is 11.7 Å². The molecule has 0 spiro atoms. The molecule has 2 N–H and O–H groups in total. The minimum atomic E-state index is -0.174. The molecule has 0 radical (unpaired) electrons. The lowest BCUT2D eigenvalue weighted by atomic mass is 9.75. The van der Waals surface area contributed by atoms with Gasteiger partial charge in [0, 0.05) is 10.8 Å². The van der Waals surface area contributed by atoms with Crippen LogP contribution in [0.5, 0.6) is 0 Å². The van der Waals surface area contributed by atoms with E-state index in [1.807, 2.05) is 0 Å². The summed E-state index contributed by atoms with van der Waals surface area (Å²) in [5, 5.41) is 3.33. The van der Waals surface area contributed by atoms with Gasteiger partial charge in [-0.2, -0.15) is 0 Å². The van der Waals surface area contributed by atoms with Gasteiger partial charge in [0.1, 0.15) is 5.01 Å². The highest BCUT2D eigenvalue weighted by atomic mass is 32.1. The van der Waals surface area contributed by atoms with Gasteiger partial charge in [-0.05, 0) is 18.8 Å². The van der Waals surface area contributed by atoms with Crippen molar-refractivity contribution in [3.8, 4) is 0 Å². The number of nitrogens with zero attached hydrogens (tertiary/aromatic N) is 1. The standard InChI is InChI=1S/C14H24N2S/c1-10-7-5-6-8-14(10,15)12-16-11(9-17-12)13(2,3)4/h9-10H,5-8,15H2,1-4H3. The van der Waals surface area contributed by atoms with E-state index in [4.69, 9.17) is 10.7 Å². The number of nitrogens with two attached hydrogens (primary N) is 1. The second-order valence-electron chi connectivity index (χ2n) is 6.48. The first-order valence-corrected chi connectivity index (χ1v) is 7.47. The summed E-state index contributed by atoms with van der Waals surface area (Å²) in [4.78, 5) is 4.82. The Morgan fingerprint density at radius 1 is 1.41 bits per heavy atom. The summed E-state index contributed by atoms with van der Waals surface area (Å²) in [6, 6.07) is 0. The Balaban J connectivity index is 2.30. The summed E-state index contributed by atoms with van der Waals surface area (Å²) in [6.07, 6.45) is 4.88. The molecule has 2 unspecified atom stereocenters. The van der Waals surface area contributed by atoms with Crippen molar-refractivity contribution >= 4 is 11.3 Å². The Hall–Kier alpha value is -0.410. The summed E-state index contributed by atoms with van der Waals surface area (Å²) in [5.74, 6) is 0.551. The molecule has 1 saturated carbocycles. The largest absolute Gasteiger partial charge is 0.319 e. The first kappa shape index (κ1) is 13.0. The van der Waals surface area contributed by atoms with Gasteiger partial charge in [-0.15, -0.1) is 11.3 Å². The fourth-order valence-corrected chi connectivity index (χ4v) is 3.82. The minimum absolute atomic E-state index is 0.128. The lowest BCUT2D eigenvalue weighted by molar-refractivity contribution is 0.206. The smallest absolute Gasteiger partial charge is 0.113 e.